The van der Waals surface area contributed by atoms with Gasteiger partial charge in [-0.3, -0.25) is 24.5 Å². The predicted molar refractivity (Wildman–Crippen MR) is 197 cm³/mol. The van der Waals surface area contributed by atoms with Gasteiger partial charge >= 0.3 is 0 Å². The van der Waals surface area contributed by atoms with Crippen molar-refractivity contribution in [1.29, 1.82) is 0 Å². The van der Waals surface area contributed by atoms with Gasteiger partial charge in [0.25, 0.3) is 17.5 Å². The first-order valence-corrected chi connectivity index (χ1v) is 17.4. The van der Waals surface area contributed by atoms with Gasteiger partial charge in [0.1, 0.15) is 11.4 Å². The monoisotopic (exact) mass is 707 g/mol. The fourth-order valence-electron chi connectivity index (χ4n) is 4.70. The molecule has 13 heteroatoms. The van der Waals surface area contributed by atoms with E-state index < -0.39 is 22.0 Å². The van der Waals surface area contributed by atoms with Crippen molar-refractivity contribution < 1.29 is 24.0 Å². The minimum atomic E-state index is -0.529. The molecule has 0 spiro atoms. The standard InChI is InChI=1S/C37H33N5O6S2/c1-3-33(36(45)41-37-40-32(23-49-37)26-12-8-14-28(21-26)42(46)47)50-30-15-9-13-27(22-30)38-35(44)31(39-34(43)25-10-6-5-7-11-25)20-24-16-18-29(19-17-24)48-4-2/h5-23,33H,3-4H2,1-2H3,(H,38,44)(H,39,43)(H,40,41,45)/b31-20+. The third-order valence-electron chi connectivity index (χ3n) is 7.15. The van der Waals surface area contributed by atoms with Crippen LogP contribution in [0.5, 0.6) is 5.75 Å². The van der Waals surface area contributed by atoms with Crippen molar-refractivity contribution in [2.45, 2.75) is 30.4 Å². The van der Waals surface area contributed by atoms with Crippen molar-refractivity contribution in [3.63, 3.8) is 0 Å². The van der Waals surface area contributed by atoms with E-state index in [4.69, 9.17) is 4.74 Å². The van der Waals surface area contributed by atoms with E-state index in [0.717, 1.165) is 4.90 Å². The molecule has 0 radical (unpaired) electrons. The van der Waals surface area contributed by atoms with E-state index in [0.29, 0.717) is 52.0 Å². The summed E-state index contributed by atoms with van der Waals surface area (Å²) in [5, 5.41) is 21.3. The average molecular weight is 708 g/mol. The molecule has 5 rings (SSSR count). The van der Waals surface area contributed by atoms with E-state index in [9.17, 15) is 24.5 Å². The van der Waals surface area contributed by atoms with E-state index in [1.165, 1.54) is 35.2 Å². The molecule has 254 valence electrons. The molecule has 0 aliphatic rings. The van der Waals surface area contributed by atoms with E-state index in [2.05, 4.69) is 20.9 Å². The second-order valence-electron chi connectivity index (χ2n) is 10.7. The quantitative estimate of drug-likeness (QED) is 0.0454. The summed E-state index contributed by atoms with van der Waals surface area (Å²) in [6.45, 7) is 4.31. The molecule has 11 nitrogen and oxygen atoms in total. The number of aromatic nitrogens is 1. The molecular weight excluding hydrogens is 675 g/mol. The van der Waals surface area contributed by atoms with Gasteiger partial charge in [0, 0.05) is 39.2 Å². The van der Waals surface area contributed by atoms with Crippen molar-refractivity contribution in [2.75, 3.05) is 17.2 Å². The van der Waals surface area contributed by atoms with Crippen LogP contribution in [0.3, 0.4) is 0 Å². The molecule has 3 N–H and O–H groups in total. The van der Waals surface area contributed by atoms with Crippen molar-refractivity contribution >= 4 is 63.4 Å². The molecule has 1 unspecified atom stereocenters. The maximum atomic E-state index is 13.6. The van der Waals surface area contributed by atoms with Gasteiger partial charge in [-0.15, -0.1) is 23.1 Å². The summed E-state index contributed by atoms with van der Waals surface area (Å²) in [5.41, 5.74) is 2.66. The summed E-state index contributed by atoms with van der Waals surface area (Å²) < 4.78 is 5.52. The van der Waals surface area contributed by atoms with Crippen molar-refractivity contribution in [1.82, 2.24) is 10.3 Å². The number of anilines is 2. The Balaban J connectivity index is 1.27. The number of nitrogens with zero attached hydrogens (tertiary/aromatic N) is 2. The van der Waals surface area contributed by atoms with Gasteiger partial charge in [-0.2, -0.15) is 0 Å². The van der Waals surface area contributed by atoms with Crippen LogP contribution >= 0.6 is 23.1 Å². The number of thioether (sulfide) groups is 1. The first kappa shape index (κ1) is 35.5. The second-order valence-corrected chi connectivity index (χ2v) is 12.8. The van der Waals surface area contributed by atoms with Crippen LogP contribution < -0.4 is 20.7 Å². The van der Waals surface area contributed by atoms with Crippen LogP contribution in [0.2, 0.25) is 0 Å². The highest BCUT2D eigenvalue weighted by molar-refractivity contribution is 8.00. The third-order valence-corrected chi connectivity index (χ3v) is 9.27. The lowest BCUT2D eigenvalue weighted by molar-refractivity contribution is -0.384. The number of nitro groups is 1. The summed E-state index contributed by atoms with van der Waals surface area (Å²) in [6.07, 6.45) is 2.10. The molecule has 5 aromatic rings. The largest absolute Gasteiger partial charge is 0.494 e. The maximum absolute atomic E-state index is 13.6. The Kier molecular flexibility index (Phi) is 12.1. The Labute approximate surface area is 297 Å². The molecule has 0 saturated heterocycles. The van der Waals surface area contributed by atoms with Gasteiger partial charge in [-0.05, 0) is 67.4 Å². The van der Waals surface area contributed by atoms with Crippen molar-refractivity contribution in [3.05, 3.63) is 135 Å². The average Bonchev–Trinajstić information content (AvgIpc) is 3.60. The molecule has 1 atom stereocenters. The zero-order chi connectivity index (χ0) is 35.5. The highest BCUT2D eigenvalue weighted by Gasteiger charge is 2.21. The summed E-state index contributed by atoms with van der Waals surface area (Å²) in [6, 6.07) is 29.0. The van der Waals surface area contributed by atoms with E-state index >= 15 is 0 Å². The number of non-ortho nitro benzene ring substituents is 1. The van der Waals surface area contributed by atoms with E-state index in [1.807, 2.05) is 19.9 Å². The van der Waals surface area contributed by atoms with E-state index in [1.54, 1.807) is 96.4 Å². The highest BCUT2D eigenvalue weighted by Crippen LogP contribution is 2.31. The van der Waals surface area contributed by atoms with Crippen LogP contribution in [0.1, 0.15) is 36.2 Å². The Morgan fingerprint density at radius 1 is 0.940 bits per heavy atom. The first-order valence-electron chi connectivity index (χ1n) is 15.6. The molecular formula is C37H33N5O6S2. The lowest BCUT2D eigenvalue weighted by Crippen LogP contribution is -2.30. The Hall–Kier alpha value is -5.79. The minimum absolute atomic E-state index is 0.0415. The van der Waals surface area contributed by atoms with Gasteiger partial charge in [-0.1, -0.05) is 55.5 Å². The molecule has 0 aliphatic carbocycles. The minimum Gasteiger partial charge on any atom is -0.494 e. The second kappa shape index (κ2) is 17.0. The zero-order valence-corrected chi connectivity index (χ0v) is 28.8. The van der Waals surface area contributed by atoms with Gasteiger partial charge in [0.15, 0.2) is 5.13 Å². The number of benzene rings is 4. The predicted octanol–water partition coefficient (Wildman–Crippen LogP) is 8.04. The number of nitro benzene ring substituents is 1. The van der Waals surface area contributed by atoms with Gasteiger partial charge in [0.2, 0.25) is 5.91 Å². The lowest BCUT2D eigenvalue weighted by Gasteiger charge is -2.15. The Morgan fingerprint density at radius 2 is 1.70 bits per heavy atom. The molecule has 1 heterocycles. The van der Waals surface area contributed by atoms with Crippen LogP contribution in [-0.4, -0.2) is 39.5 Å². The smallest absolute Gasteiger partial charge is 0.272 e. The molecule has 50 heavy (non-hydrogen) atoms. The molecule has 0 saturated carbocycles. The molecule has 1 aromatic heterocycles. The fraction of sp³-hybridized carbons (Fsp3) is 0.135. The SMILES string of the molecule is CCOc1ccc(/C=C(/NC(=O)c2ccccc2)C(=O)Nc2cccc(SC(CC)C(=O)Nc3nc(-c4cccc([N+](=O)[O-])c4)cs3)c2)cc1. The van der Waals surface area contributed by atoms with Gasteiger partial charge < -0.3 is 20.7 Å². The first-order chi connectivity index (χ1) is 24.2. The molecule has 0 aliphatic heterocycles. The number of thiazole rings is 1. The van der Waals surface area contributed by atoms with Gasteiger partial charge in [-0.25, -0.2) is 4.98 Å². The summed E-state index contributed by atoms with van der Waals surface area (Å²) in [4.78, 5) is 55.8. The lowest BCUT2D eigenvalue weighted by atomic mass is 10.1. The zero-order valence-electron chi connectivity index (χ0n) is 27.1. The highest BCUT2D eigenvalue weighted by atomic mass is 32.2. The molecule has 3 amide bonds. The van der Waals surface area contributed by atoms with Crippen LogP contribution in [0.4, 0.5) is 16.5 Å². The number of amides is 3. The molecule has 4 aromatic carbocycles. The number of carbonyl (C=O) groups is 3. The third kappa shape index (κ3) is 9.65. The van der Waals surface area contributed by atoms with Crippen LogP contribution in [0.25, 0.3) is 17.3 Å². The van der Waals surface area contributed by atoms with Crippen molar-refractivity contribution in [3.8, 4) is 17.0 Å². The Bertz CT molecular complexity index is 2010. The van der Waals surface area contributed by atoms with Gasteiger partial charge in [0.05, 0.1) is 22.5 Å². The molecule has 0 bridgehead atoms. The maximum Gasteiger partial charge on any atom is 0.272 e. The Morgan fingerprint density at radius 3 is 2.42 bits per heavy atom. The van der Waals surface area contributed by atoms with Crippen LogP contribution in [0, 0.1) is 10.1 Å². The van der Waals surface area contributed by atoms with Crippen LogP contribution in [-0.2, 0) is 9.59 Å². The topological polar surface area (TPSA) is 153 Å². The summed E-state index contributed by atoms with van der Waals surface area (Å²) >= 11 is 2.56. The fourth-order valence-corrected chi connectivity index (χ4v) is 6.43. The summed E-state index contributed by atoms with van der Waals surface area (Å²) in [7, 11) is 0. The number of nitrogens with one attached hydrogen (secondary N) is 3. The van der Waals surface area contributed by atoms with Crippen LogP contribution in [0.15, 0.2) is 119 Å². The molecule has 0 fully saturated rings. The summed E-state index contributed by atoms with van der Waals surface area (Å²) in [5.74, 6) is -0.528. The number of hydrogen-bond donors (Lipinski definition) is 3. The number of hydrogen-bond acceptors (Lipinski definition) is 9. The van der Waals surface area contributed by atoms with E-state index in [-0.39, 0.29) is 17.3 Å². The normalized spacial score (nSPS) is 11.7. The number of carbonyl (C=O) groups excluding carboxylic acids is 3. The van der Waals surface area contributed by atoms with Crippen molar-refractivity contribution in [2.24, 2.45) is 0 Å². The number of ether oxygens (including phenoxy) is 1. The number of rotatable bonds is 14.